The van der Waals surface area contributed by atoms with Crippen LogP contribution < -0.4 is 4.74 Å². The number of piperidine rings is 1. The Morgan fingerprint density at radius 1 is 1.35 bits per heavy atom. The number of hydrogen-bond donors (Lipinski definition) is 1. The average molecular weight is 340 g/mol. The van der Waals surface area contributed by atoms with E-state index >= 15 is 0 Å². The molecule has 1 N–H and O–H groups in total. The van der Waals surface area contributed by atoms with Gasteiger partial charge < -0.3 is 14.7 Å². The predicted molar refractivity (Wildman–Crippen MR) is 75.3 cm³/mol. The lowest BCUT2D eigenvalue weighted by Gasteiger charge is -2.43. The molecule has 5 nitrogen and oxygen atoms in total. The molecule has 106 valence electrons. The van der Waals surface area contributed by atoms with E-state index in [2.05, 4.69) is 15.9 Å². The fourth-order valence-corrected chi connectivity index (χ4v) is 3.21. The Hall–Kier alpha value is -1.56. The first kappa shape index (κ1) is 13.4. The van der Waals surface area contributed by atoms with Crippen molar-refractivity contribution in [1.82, 2.24) is 4.90 Å². The molecular formula is C14H14BrNO4. The number of rotatable bonds is 0. The Balaban J connectivity index is 1.83. The van der Waals surface area contributed by atoms with Gasteiger partial charge in [-0.3, -0.25) is 4.79 Å². The number of fused-ring (bicyclic) bond motifs is 1. The van der Waals surface area contributed by atoms with Crippen molar-refractivity contribution in [1.29, 1.82) is 0 Å². The molecule has 2 aliphatic heterocycles. The Kier molecular flexibility index (Phi) is 3.20. The highest BCUT2D eigenvalue weighted by molar-refractivity contribution is 9.10. The van der Waals surface area contributed by atoms with Gasteiger partial charge in [0.05, 0.1) is 12.0 Å². The van der Waals surface area contributed by atoms with Crippen LogP contribution in [0.3, 0.4) is 0 Å². The van der Waals surface area contributed by atoms with Gasteiger partial charge in [-0.25, -0.2) is 4.79 Å². The van der Waals surface area contributed by atoms with Gasteiger partial charge in [0.15, 0.2) is 5.78 Å². The van der Waals surface area contributed by atoms with E-state index in [1.807, 2.05) is 6.07 Å². The van der Waals surface area contributed by atoms with Crippen LogP contribution in [0.2, 0.25) is 0 Å². The molecule has 0 saturated carbocycles. The maximum atomic E-state index is 12.3. The first-order chi connectivity index (χ1) is 9.49. The largest absolute Gasteiger partial charge is 0.486 e. The second-order valence-corrected chi connectivity index (χ2v) is 6.21. The van der Waals surface area contributed by atoms with E-state index in [-0.39, 0.29) is 5.78 Å². The molecule has 0 aliphatic carbocycles. The summed E-state index contributed by atoms with van der Waals surface area (Å²) in [4.78, 5) is 24.6. The average Bonchev–Trinajstić information content (AvgIpc) is 2.40. The SMILES string of the molecule is O=C1CC2(CCN(C(=O)O)CC2)Oc2ccc(Br)cc21. The molecule has 1 spiro atoms. The number of ether oxygens (including phenoxy) is 1. The van der Waals surface area contributed by atoms with Gasteiger partial charge >= 0.3 is 6.09 Å². The molecule has 3 rings (SSSR count). The van der Waals surface area contributed by atoms with E-state index in [0.29, 0.717) is 43.7 Å². The zero-order valence-electron chi connectivity index (χ0n) is 10.8. The number of likely N-dealkylation sites (tertiary alicyclic amines) is 1. The molecule has 20 heavy (non-hydrogen) atoms. The molecule has 2 aliphatic rings. The minimum Gasteiger partial charge on any atom is -0.486 e. The number of Topliss-reactive ketones (excluding diaryl/α,β-unsaturated/α-hetero) is 1. The Labute approximate surface area is 124 Å². The number of benzene rings is 1. The number of carbonyl (C=O) groups is 2. The van der Waals surface area contributed by atoms with Gasteiger partial charge in [-0.05, 0) is 18.2 Å². The van der Waals surface area contributed by atoms with Crippen molar-refractivity contribution in [3.63, 3.8) is 0 Å². The highest BCUT2D eigenvalue weighted by Crippen LogP contribution is 2.40. The molecule has 0 aromatic heterocycles. The van der Waals surface area contributed by atoms with Gasteiger partial charge in [-0.2, -0.15) is 0 Å². The van der Waals surface area contributed by atoms with Gasteiger partial charge in [0.1, 0.15) is 11.4 Å². The van der Waals surface area contributed by atoms with Crippen molar-refractivity contribution < 1.29 is 19.4 Å². The highest BCUT2D eigenvalue weighted by atomic mass is 79.9. The molecule has 6 heteroatoms. The topological polar surface area (TPSA) is 66.8 Å². The monoisotopic (exact) mass is 339 g/mol. The zero-order valence-corrected chi connectivity index (χ0v) is 12.4. The van der Waals surface area contributed by atoms with Crippen LogP contribution in [0.5, 0.6) is 5.75 Å². The van der Waals surface area contributed by atoms with Crippen molar-refractivity contribution in [3.05, 3.63) is 28.2 Å². The number of ketones is 1. The molecule has 0 atom stereocenters. The summed E-state index contributed by atoms with van der Waals surface area (Å²) in [5, 5.41) is 8.98. The third-order valence-corrected chi connectivity index (χ3v) is 4.49. The van der Waals surface area contributed by atoms with E-state index in [1.165, 1.54) is 4.90 Å². The third kappa shape index (κ3) is 2.28. The summed E-state index contributed by atoms with van der Waals surface area (Å²) < 4.78 is 6.90. The van der Waals surface area contributed by atoms with Crippen LogP contribution in [0.15, 0.2) is 22.7 Å². The van der Waals surface area contributed by atoms with Gasteiger partial charge in [0.25, 0.3) is 0 Å². The number of nitrogens with zero attached hydrogens (tertiary/aromatic N) is 1. The molecule has 1 fully saturated rings. The summed E-state index contributed by atoms with van der Waals surface area (Å²) in [5.74, 6) is 0.671. The zero-order chi connectivity index (χ0) is 14.3. The van der Waals surface area contributed by atoms with Crippen molar-refractivity contribution in [2.24, 2.45) is 0 Å². The van der Waals surface area contributed by atoms with Gasteiger partial charge in [0, 0.05) is 30.4 Å². The summed E-state index contributed by atoms with van der Waals surface area (Å²) in [6.45, 7) is 0.822. The first-order valence-electron chi connectivity index (χ1n) is 6.49. The Bertz CT molecular complexity index is 579. The van der Waals surface area contributed by atoms with Crippen LogP contribution in [-0.2, 0) is 0 Å². The summed E-state index contributed by atoms with van der Waals surface area (Å²) >= 11 is 3.35. The summed E-state index contributed by atoms with van der Waals surface area (Å²) in [6, 6.07) is 5.41. The van der Waals surface area contributed by atoms with Crippen molar-refractivity contribution >= 4 is 27.8 Å². The van der Waals surface area contributed by atoms with Crippen LogP contribution in [-0.4, -0.2) is 40.6 Å². The molecule has 2 heterocycles. The Morgan fingerprint density at radius 3 is 2.70 bits per heavy atom. The minimum absolute atomic E-state index is 0.0660. The maximum Gasteiger partial charge on any atom is 0.407 e. The van der Waals surface area contributed by atoms with Crippen LogP contribution in [0.4, 0.5) is 4.79 Å². The van der Waals surface area contributed by atoms with Crippen molar-refractivity contribution in [2.45, 2.75) is 24.9 Å². The van der Waals surface area contributed by atoms with E-state index < -0.39 is 11.7 Å². The minimum atomic E-state index is -0.911. The first-order valence-corrected chi connectivity index (χ1v) is 7.28. The lowest BCUT2D eigenvalue weighted by molar-refractivity contribution is -0.00521. The highest BCUT2D eigenvalue weighted by Gasteiger charge is 2.43. The molecule has 1 aromatic carbocycles. The summed E-state index contributed by atoms with van der Waals surface area (Å²) in [5.41, 5.74) is 0.0646. The third-order valence-electron chi connectivity index (χ3n) is 4.00. The molecule has 0 radical (unpaired) electrons. The lowest BCUT2D eigenvalue weighted by atomic mass is 9.82. The van der Waals surface area contributed by atoms with Gasteiger partial charge in [0.2, 0.25) is 0 Å². The quantitative estimate of drug-likeness (QED) is 0.789. The van der Waals surface area contributed by atoms with E-state index in [1.54, 1.807) is 12.1 Å². The van der Waals surface area contributed by atoms with Gasteiger partial charge in [-0.1, -0.05) is 15.9 Å². The normalized spacial score (nSPS) is 20.4. The number of halogens is 1. The lowest BCUT2D eigenvalue weighted by Crippen LogP contribution is -2.52. The number of carbonyl (C=O) groups excluding carboxylic acids is 1. The van der Waals surface area contributed by atoms with Crippen molar-refractivity contribution in [2.75, 3.05) is 13.1 Å². The summed E-state index contributed by atoms with van der Waals surface area (Å²) in [7, 11) is 0. The van der Waals surface area contributed by atoms with Crippen molar-refractivity contribution in [3.8, 4) is 5.75 Å². The maximum absolute atomic E-state index is 12.3. The summed E-state index contributed by atoms with van der Waals surface area (Å²) in [6.07, 6.45) is 0.525. The Morgan fingerprint density at radius 2 is 2.05 bits per heavy atom. The van der Waals surface area contributed by atoms with Crippen LogP contribution >= 0.6 is 15.9 Å². The second kappa shape index (κ2) is 4.77. The number of hydrogen-bond acceptors (Lipinski definition) is 3. The van der Waals surface area contributed by atoms with E-state index in [0.717, 1.165) is 4.47 Å². The molecular weight excluding hydrogens is 326 g/mol. The predicted octanol–water partition coefficient (Wildman–Crippen LogP) is 2.93. The standard InChI is InChI=1S/C14H14BrNO4/c15-9-1-2-12-10(7-9)11(17)8-14(20-12)3-5-16(6-4-14)13(18)19/h1-2,7H,3-6,8H2,(H,18,19). The molecule has 1 aromatic rings. The van der Waals surface area contributed by atoms with Crippen LogP contribution in [0.1, 0.15) is 29.6 Å². The fraction of sp³-hybridized carbons (Fsp3) is 0.429. The van der Waals surface area contributed by atoms with E-state index in [9.17, 15) is 9.59 Å². The second-order valence-electron chi connectivity index (χ2n) is 5.30. The smallest absolute Gasteiger partial charge is 0.407 e. The van der Waals surface area contributed by atoms with E-state index in [4.69, 9.17) is 9.84 Å². The molecule has 0 bridgehead atoms. The molecule has 1 amide bonds. The fourth-order valence-electron chi connectivity index (χ4n) is 2.85. The molecule has 1 saturated heterocycles. The van der Waals surface area contributed by atoms with Gasteiger partial charge in [-0.15, -0.1) is 0 Å². The molecule has 0 unspecified atom stereocenters. The van der Waals surface area contributed by atoms with Crippen LogP contribution in [0.25, 0.3) is 0 Å². The number of carboxylic acid groups (broad SMARTS) is 1. The van der Waals surface area contributed by atoms with Crippen LogP contribution in [0, 0.1) is 0 Å². The number of amides is 1.